The van der Waals surface area contributed by atoms with E-state index in [1.807, 2.05) is 0 Å². The van der Waals surface area contributed by atoms with Gasteiger partial charge in [0.2, 0.25) is 0 Å². The van der Waals surface area contributed by atoms with E-state index in [4.69, 9.17) is 5.11 Å². The summed E-state index contributed by atoms with van der Waals surface area (Å²) in [6.07, 6.45) is 0. The summed E-state index contributed by atoms with van der Waals surface area (Å²) in [5.74, 6) is -1.08. The van der Waals surface area contributed by atoms with E-state index >= 15 is 0 Å². The molecule has 6 heteroatoms. The molecular formula is C11H14N2O4. The molecule has 0 spiro atoms. The number of nitro groups is 1. The van der Waals surface area contributed by atoms with Gasteiger partial charge in [-0.15, -0.1) is 0 Å². The van der Waals surface area contributed by atoms with Gasteiger partial charge in [0.1, 0.15) is 11.2 Å². The minimum Gasteiger partial charge on any atom is -0.480 e. The number of nitro benzene ring substituents is 1. The standard InChI is InChI=1S/C11H14N2O4/c1-7-4-5-9(13(16)17)8(6-7)12-11(2,3)10(14)15/h4-6,12H,1-3H3,(H,14,15). The highest BCUT2D eigenvalue weighted by Gasteiger charge is 2.29. The minimum atomic E-state index is -1.27. The molecule has 0 heterocycles. The van der Waals surface area contributed by atoms with Gasteiger partial charge >= 0.3 is 5.97 Å². The molecule has 0 bridgehead atoms. The molecule has 0 atom stereocenters. The zero-order chi connectivity index (χ0) is 13.2. The van der Waals surface area contributed by atoms with Crippen molar-refractivity contribution in [3.63, 3.8) is 0 Å². The molecule has 6 nitrogen and oxygen atoms in total. The topological polar surface area (TPSA) is 92.5 Å². The van der Waals surface area contributed by atoms with Crippen molar-refractivity contribution in [3.05, 3.63) is 33.9 Å². The lowest BCUT2D eigenvalue weighted by Crippen LogP contribution is -2.40. The summed E-state index contributed by atoms with van der Waals surface area (Å²) in [7, 11) is 0. The lowest BCUT2D eigenvalue weighted by Gasteiger charge is -2.22. The van der Waals surface area contributed by atoms with Crippen LogP contribution in [0.3, 0.4) is 0 Å². The van der Waals surface area contributed by atoms with Crippen LogP contribution in [0.1, 0.15) is 19.4 Å². The summed E-state index contributed by atoms with van der Waals surface area (Å²) >= 11 is 0. The lowest BCUT2D eigenvalue weighted by atomic mass is 10.0. The van der Waals surface area contributed by atoms with Crippen LogP contribution in [0.2, 0.25) is 0 Å². The molecule has 0 fully saturated rings. The van der Waals surface area contributed by atoms with Gasteiger partial charge in [-0.1, -0.05) is 6.07 Å². The van der Waals surface area contributed by atoms with Crippen molar-refractivity contribution >= 4 is 17.3 Å². The molecule has 0 amide bonds. The Balaban J connectivity index is 3.17. The molecule has 1 rings (SSSR count). The molecule has 0 saturated carbocycles. The predicted molar refractivity (Wildman–Crippen MR) is 63.2 cm³/mol. The molecular weight excluding hydrogens is 224 g/mol. The third kappa shape index (κ3) is 2.93. The third-order valence-corrected chi connectivity index (χ3v) is 2.33. The van der Waals surface area contributed by atoms with E-state index in [0.29, 0.717) is 0 Å². The van der Waals surface area contributed by atoms with Crippen molar-refractivity contribution in [1.29, 1.82) is 0 Å². The van der Waals surface area contributed by atoms with Crippen LogP contribution < -0.4 is 5.32 Å². The Morgan fingerprint density at radius 3 is 2.53 bits per heavy atom. The maximum absolute atomic E-state index is 11.0. The monoisotopic (exact) mass is 238 g/mol. The van der Waals surface area contributed by atoms with E-state index in [1.54, 1.807) is 19.1 Å². The molecule has 92 valence electrons. The number of nitrogens with zero attached hydrogens (tertiary/aromatic N) is 1. The summed E-state index contributed by atoms with van der Waals surface area (Å²) in [5.41, 5.74) is -0.370. The summed E-state index contributed by atoms with van der Waals surface area (Å²) in [4.78, 5) is 21.2. The van der Waals surface area contributed by atoms with Gasteiger partial charge in [0, 0.05) is 6.07 Å². The van der Waals surface area contributed by atoms with Gasteiger partial charge in [0.15, 0.2) is 0 Å². The summed E-state index contributed by atoms with van der Waals surface area (Å²) in [6.45, 7) is 4.67. The number of nitrogens with one attached hydrogen (secondary N) is 1. The normalized spacial score (nSPS) is 11.0. The first kappa shape index (κ1) is 13.0. The molecule has 1 aromatic rings. The number of aliphatic carboxylic acids is 1. The number of benzene rings is 1. The van der Waals surface area contributed by atoms with Crippen molar-refractivity contribution in [2.75, 3.05) is 5.32 Å². The minimum absolute atomic E-state index is 0.134. The van der Waals surface area contributed by atoms with Gasteiger partial charge in [0.05, 0.1) is 4.92 Å². The highest BCUT2D eigenvalue weighted by molar-refractivity contribution is 5.83. The van der Waals surface area contributed by atoms with Crippen LogP contribution >= 0.6 is 0 Å². The van der Waals surface area contributed by atoms with Crippen LogP contribution in [-0.2, 0) is 4.79 Å². The van der Waals surface area contributed by atoms with E-state index in [-0.39, 0.29) is 11.4 Å². The van der Waals surface area contributed by atoms with Crippen molar-refractivity contribution < 1.29 is 14.8 Å². The number of carbonyl (C=O) groups is 1. The maximum atomic E-state index is 11.0. The van der Waals surface area contributed by atoms with Crippen LogP contribution in [-0.4, -0.2) is 21.5 Å². The average molecular weight is 238 g/mol. The molecule has 0 aliphatic heterocycles. The van der Waals surface area contributed by atoms with Crippen molar-refractivity contribution in [1.82, 2.24) is 0 Å². The first-order valence-corrected chi connectivity index (χ1v) is 5.00. The van der Waals surface area contributed by atoms with E-state index in [0.717, 1.165) is 5.56 Å². The number of carboxylic acid groups (broad SMARTS) is 1. The molecule has 0 unspecified atom stereocenters. The van der Waals surface area contributed by atoms with Gasteiger partial charge in [-0.3, -0.25) is 10.1 Å². The largest absolute Gasteiger partial charge is 0.480 e. The molecule has 0 aromatic heterocycles. The molecule has 0 aliphatic carbocycles. The van der Waals surface area contributed by atoms with Gasteiger partial charge in [-0.05, 0) is 32.4 Å². The Hall–Kier alpha value is -2.11. The maximum Gasteiger partial charge on any atom is 0.328 e. The Kier molecular flexibility index (Phi) is 3.36. The van der Waals surface area contributed by atoms with Gasteiger partial charge in [-0.2, -0.15) is 0 Å². The number of hydrogen-bond donors (Lipinski definition) is 2. The highest BCUT2D eigenvalue weighted by atomic mass is 16.6. The van der Waals surface area contributed by atoms with Crippen LogP contribution in [0.4, 0.5) is 11.4 Å². The van der Waals surface area contributed by atoms with Crippen LogP contribution in [0, 0.1) is 17.0 Å². The fraction of sp³-hybridized carbons (Fsp3) is 0.364. The number of aryl methyl sites for hydroxylation is 1. The van der Waals surface area contributed by atoms with Gasteiger partial charge < -0.3 is 10.4 Å². The number of rotatable bonds is 4. The Bertz CT molecular complexity index is 469. The number of hydrogen-bond acceptors (Lipinski definition) is 4. The molecule has 0 saturated heterocycles. The number of anilines is 1. The Morgan fingerprint density at radius 2 is 2.06 bits per heavy atom. The van der Waals surface area contributed by atoms with Crippen molar-refractivity contribution in [2.24, 2.45) is 0 Å². The fourth-order valence-corrected chi connectivity index (χ4v) is 1.30. The SMILES string of the molecule is Cc1ccc([N+](=O)[O-])c(NC(C)(C)C(=O)O)c1. The van der Waals surface area contributed by atoms with Crippen molar-refractivity contribution in [2.45, 2.75) is 26.3 Å². The second kappa shape index (κ2) is 4.40. The zero-order valence-electron chi connectivity index (χ0n) is 9.85. The van der Waals surface area contributed by atoms with Crippen LogP contribution in [0.25, 0.3) is 0 Å². The summed E-state index contributed by atoms with van der Waals surface area (Å²) < 4.78 is 0. The van der Waals surface area contributed by atoms with E-state index in [9.17, 15) is 14.9 Å². The zero-order valence-corrected chi connectivity index (χ0v) is 9.85. The van der Waals surface area contributed by atoms with Gasteiger partial charge in [-0.25, -0.2) is 4.79 Å². The third-order valence-electron chi connectivity index (χ3n) is 2.33. The highest BCUT2D eigenvalue weighted by Crippen LogP contribution is 2.28. The van der Waals surface area contributed by atoms with E-state index in [1.165, 1.54) is 19.9 Å². The lowest BCUT2D eigenvalue weighted by molar-refractivity contribution is -0.384. The molecule has 0 aliphatic rings. The summed E-state index contributed by atoms with van der Waals surface area (Å²) in [6, 6.07) is 4.52. The average Bonchev–Trinajstić information content (AvgIpc) is 2.15. The first-order chi connectivity index (χ1) is 7.74. The molecule has 0 radical (unpaired) electrons. The molecule has 17 heavy (non-hydrogen) atoms. The molecule has 1 aromatic carbocycles. The summed E-state index contributed by atoms with van der Waals surface area (Å²) in [5, 5.41) is 22.4. The number of carboxylic acids is 1. The predicted octanol–water partition coefficient (Wildman–Crippen LogP) is 2.18. The van der Waals surface area contributed by atoms with E-state index < -0.39 is 16.4 Å². The van der Waals surface area contributed by atoms with Crippen LogP contribution in [0.5, 0.6) is 0 Å². The quantitative estimate of drug-likeness (QED) is 0.619. The van der Waals surface area contributed by atoms with E-state index in [2.05, 4.69) is 5.32 Å². The second-order valence-electron chi connectivity index (χ2n) is 4.33. The molecule has 2 N–H and O–H groups in total. The van der Waals surface area contributed by atoms with Crippen LogP contribution in [0.15, 0.2) is 18.2 Å². The Labute approximate surface area is 98.4 Å². The first-order valence-electron chi connectivity index (χ1n) is 5.00. The van der Waals surface area contributed by atoms with Crippen molar-refractivity contribution in [3.8, 4) is 0 Å². The second-order valence-corrected chi connectivity index (χ2v) is 4.33. The van der Waals surface area contributed by atoms with Gasteiger partial charge in [0.25, 0.3) is 5.69 Å². The smallest absolute Gasteiger partial charge is 0.328 e. The Morgan fingerprint density at radius 1 is 1.47 bits per heavy atom. The fourth-order valence-electron chi connectivity index (χ4n) is 1.30.